The maximum Gasteiger partial charge on any atom is 0.345 e. The summed E-state index contributed by atoms with van der Waals surface area (Å²) >= 11 is 0. The molecule has 11 heteroatoms. The van der Waals surface area contributed by atoms with E-state index < -0.39 is 17.7 Å². The Kier molecular flexibility index (Phi) is 9.35. The van der Waals surface area contributed by atoms with Gasteiger partial charge in [-0.15, -0.1) is 0 Å². The van der Waals surface area contributed by atoms with Crippen LogP contribution in [0.3, 0.4) is 0 Å². The zero-order chi connectivity index (χ0) is 33.8. The molecule has 3 heterocycles. The van der Waals surface area contributed by atoms with Crippen molar-refractivity contribution in [2.75, 3.05) is 26.2 Å². The average Bonchev–Trinajstić information content (AvgIpc) is 3.12. The van der Waals surface area contributed by atoms with E-state index in [1.54, 1.807) is 89.8 Å². The number of hydrogen-bond acceptors (Lipinski definition) is 8. The van der Waals surface area contributed by atoms with Crippen LogP contribution in [0.15, 0.2) is 102 Å². The van der Waals surface area contributed by atoms with Crippen LogP contribution in [0.5, 0.6) is 5.75 Å². The summed E-state index contributed by atoms with van der Waals surface area (Å²) in [7, 11) is 0. The fourth-order valence-corrected chi connectivity index (χ4v) is 6.30. The predicted molar refractivity (Wildman–Crippen MR) is 179 cm³/mol. The number of benzene rings is 3. The molecule has 11 nitrogen and oxygen atoms in total. The van der Waals surface area contributed by atoms with Crippen molar-refractivity contribution in [1.82, 2.24) is 20.2 Å². The van der Waals surface area contributed by atoms with Gasteiger partial charge in [-0.05, 0) is 66.8 Å². The molecule has 0 unspecified atom stereocenters. The number of phenols is 1. The van der Waals surface area contributed by atoms with Gasteiger partial charge in [0.2, 0.25) is 11.2 Å². The van der Waals surface area contributed by atoms with Gasteiger partial charge in [0.15, 0.2) is 0 Å². The first-order valence-corrected chi connectivity index (χ1v) is 15.8. The third-order valence-corrected chi connectivity index (χ3v) is 8.98. The van der Waals surface area contributed by atoms with Crippen molar-refractivity contribution in [2.24, 2.45) is 5.92 Å². The number of aromatic nitrogens is 2. The SMILES string of the molecule is O=C(c1cccc(-c2cccc([C@](O)(C(=O)O)c3ccccc3)c2)n1)N1CCC(CNC[C@H](O)c2ccc(O)c3[nH]c(=O)ccc23)CC1. The van der Waals surface area contributed by atoms with Crippen LogP contribution < -0.4 is 10.9 Å². The Hall–Kier alpha value is -5.36. The quantitative estimate of drug-likeness (QED) is 0.132. The van der Waals surface area contributed by atoms with Gasteiger partial charge in [-0.2, -0.15) is 0 Å². The number of carbonyl (C=O) groups is 2. The van der Waals surface area contributed by atoms with Gasteiger partial charge in [0.1, 0.15) is 11.4 Å². The molecule has 0 spiro atoms. The van der Waals surface area contributed by atoms with Gasteiger partial charge in [-0.1, -0.05) is 60.7 Å². The third-order valence-electron chi connectivity index (χ3n) is 8.98. The summed E-state index contributed by atoms with van der Waals surface area (Å²) in [5.41, 5.74) is 0.0169. The largest absolute Gasteiger partial charge is 0.506 e. The zero-order valence-corrected chi connectivity index (χ0v) is 26.0. The second kappa shape index (κ2) is 13.8. The van der Waals surface area contributed by atoms with E-state index in [1.165, 1.54) is 12.1 Å². The third kappa shape index (κ3) is 6.56. The molecule has 2 atom stereocenters. The molecular weight excluding hydrogens is 612 g/mol. The van der Waals surface area contributed by atoms with Crippen LogP contribution in [0, 0.1) is 5.92 Å². The highest BCUT2D eigenvalue weighted by Gasteiger charge is 2.40. The summed E-state index contributed by atoms with van der Waals surface area (Å²) in [6.07, 6.45) is 0.691. The molecule has 6 N–H and O–H groups in total. The highest BCUT2D eigenvalue weighted by atomic mass is 16.4. The minimum absolute atomic E-state index is 0.0589. The Balaban J connectivity index is 1.07. The molecule has 2 aromatic heterocycles. The Bertz CT molecular complexity index is 2010. The lowest BCUT2D eigenvalue weighted by Crippen LogP contribution is -2.41. The average molecular weight is 649 g/mol. The molecule has 48 heavy (non-hydrogen) atoms. The van der Waals surface area contributed by atoms with E-state index in [2.05, 4.69) is 15.3 Å². The number of likely N-dealkylation sites (tertiary alicyclic amines) is 1. The van der Waals surface area contributed by atoms with Gasteiger partial charge in [0, 0.05) is 42.2 Å². The van der Waals surface area contributed by atoms with E-state index in [1.807, 2.05) is 0 Å². The van der Waals surface area contributed by atoms with Crippen molar-refractivity contribution in [3.63, 3.8) is 0 Å². The molecule has 0 aliphatic carbocycles. The molecule has 0 saturated carbocycles. The van der Waals surface area contributed by atoms with Gasteiger partial charge < -0.3 is 35.6 Å². The molecule has 1 amide bonds. The number of piperidine rings is 1. The maximum atomic E-state index is 13.5. The first kappa shape index (κ1) is 32.6. The van der Waals surface area contributed by atoms with Crippen molar-refractivity contribution in [2.45, 2.75) is 24.5 Å². The fraction of sp³-hybridized carbons (Fsp3) is 0.243. The van der Waals surface area contributed by atoms with E-state index in [0.717, 1.165) is 12.8 Å². The zero-order valence-electron chi connectivity index (χ0n) is 26.0. The highest BCUT2D eigenvalue weighted by molar-refractivity contribution is 5.93. The number of fused-ring (bicyclic) bond motifs is 1. The molecular formula is C37H36N4O7. The molecule has 3 aromatic carbocycles. The number of nitrogens with one attached hydrogen (secondary N) is 2. The monoisotopic (exact) mass is 648 g/mol. The molecule has 6 rings (SSSR count). The minimum atomic E-state index is -2.26. The molecule has 1 aliphatic heterocycles. The number of aliphatic hydroxyl groups excluding tert-OH is 1. The number of rotatable bonds is 10. The van der Waals surface area contributed by atoms with E-state index in [4.69, 9.17) is 0 Å². The first-order chi connectivity index (χ1) is 23.1. The topological polar surface area (TPSA) is 176 Å². The molecule has 246 valence electrons. The fourth-order valence-electron chi connectivity index (χ4n) is 6.30. The van der Waals surface area contributed by atoms with Crippen molar-refractivity contribution < 1.29 is 30.0 Å². The number of phenolic OH excluding ortho intramolecular Hbond substituents is 1. The smallest absolute Gasteiger partial charge is 0.345 e. The van der Waals surface area contributed by atoms with Gasteiger partial charge in [0.25, 0.3) is 5.91 Å². The summed E-state index contributed by atoms with van der Waals surface area (Å²) in [6, 6.07) is 25.9. The Morgan fingerprint density at radius 2 is 1.67 bits per heavy atom. The lowest BCUT2D eigenvalue weighted by molar-refractivity contribution is -0.155. The normalized spacial score (nSPS) is 15.6. The Labute approximate surface area is 276 Å². The van der Waals surface area contributed by atoms with E-state index in [9.17, 15) is 34.8 Å². The summed E-state index contributed by atoms with van der Waals surface area (Å²) in [6.45, 7) is 2.04. The Morgan fingerprint density at radius 3 is 2.42 bits per heavy atom. The predicted octanol–water partition coefficient (Wildman–Crippen LogP) is 3.79. The molecule has 1 fully saturated rings. The number of carboxylic acids is 1. The lowest BCUT2D eigenvalue weighted by Gasteiger charge is -2.32. The number of nitrogens with zero attached hydrogens (tertiary/aromatic N) is 2. The first-order valence-electron chi connectivity index (χ1n) is 15.8. The van der Waals surface area contributed by atoms with Gasteiger partial charge in [-0.25, -0.2) is 9.78 Å². The number of aromatic amines is 1. The second-order valence-corrected chi connectivity index (χ2v) is 12.1. The summed E-state index contributed by atoms with van der Waals surface area (Å²) in [5, 5.41) is 46.2. The molecule has 0 bridgehead atoms. The van der Waals surface area contributed by atoms with Crippen LogP contribution in [0.25, 0.3) is 22.2 Å². The number of aliphatic hydroxyl groups is 2. The molecule has 1 saturated heterocycles. The van der Waals surface area contributed by atoms with Crippen LogP contribution in [0.2, 0.25) is 0 Å². The Morgan fingerprint density at radius 1 is 0.938 bits per heavy atom. The number of amides is 1. The number of aliphatic carboxylic acids is 1. The van der Waals surface area contributed by atoms with Crippen molar-refractivity contribution >= 4 is 22.8 Å². The number of aromatic hydroxyl groups is 1. The summed E-state index contributed by atoms with van der Waals surface area (Å²) in [5.74, 6) is -1.36. The van der Waals surface area contributed by atoms with Gasteiger partial charge in [0.05, 0.1) is 17.3 Å². The summed E-state index contributed by atoms with van der Waals surface area (Å²) < 4.78 is 0. The maximum absolute atomic E-state index is 13.5. The number of H-pyrrole nitrogens is 1. The second-order valence-electron chi connectivity index (χ2n) is 12.1. The molecule has 5 aromatic rings. The molecule has 1 aliphatic rings. The number of carboxylic acid groups (broad SMARTS) is 1. The molecule has 0 radical (unpaired) electrons. The lowest BCUT2D eigenvalue weighted by atomic mass is 9.85. The minimum Gasteiger partial charge on any atom is -0.506 e. The number of carbonyl (C=O) groups excluding carboxylic acids is 1. The number of hydrogen-bond donors (Lipinski definition) is 6. The standard InChI is InChI=1S/C37H36N4O7/c42-31-14-12-27(28-13-15-33(44)40-34(28)31)32(43)22-38-21-23-16-18-41(19-17-23)35(45)30-11-5-10-29(39-30)24-6-4-9-26(20-24)37(48,36(46)47)25-7-2-1-3-8-25/h1-15,20,23,32,38,42-43,48H,16-19,21-22H2,(H,40,44)(H,46,47)/t32-,37-/m0/s1. The van der Waals surface area contributed by atoms with Crippen molar-refractivity contribution in [3.05, 3.63) is 130 Å². The van der Waals surface area contributed by atoms with Crippen LogP contribution in [-0.2, 0) is 10.4 Å². The van der Waals surface area contributed by atoms with Crippen LogP contribution in [0.1, 0.15) is 46.1 Å². The van der Waals surface area contributed by atoms with E-state index in [0.29, 0.717) is 47.8 Å². The van der Waals surface area contributed by atoms with Crippen molar-refractivity contribution in [1.29, 1.82) is 0 Å². The highest BCUT2D eigenvalue weighted by Crippen LogP contribution is 2.33. The van der Waals surface area contributed by atoms with Crippen molar-refractivity contribution in [3.8, 4) is 17.0 Å². The van der Waals surface area contributed by atoms with Crippen LogP contribution >= 0.6 is 0 Å². The van der Waals surface area contributed by atoms with Gasteiger partial charge in [-0.3, -0.25) is 9.59 Å². The summed E-state index contributed by atoms with van der Waals surface area (Å²) in [4.78, 5) is 46.4. The van der Waals surface area contributed by atoms with Gasteiger partial charge >= 0.3 is 5.97 Å². The van der Waals surface area contributed by atoms with Crippen LogP contribution in [0.4, 0.5) is 0 Å². The number of pyridine rings is 2. The van der Waals surface area contributed by atoms with E-state index in [-0.39, 0.29) is 46.1 Å². The van der Waals surface area contributed by atoms with E-state index >= 15 is 0 Å². The van der Waals surface area contributed by atoms with Crippen LogP contribution in [-0.4, -0.2) is 73.3 Å².